The lowest BCUT2D eigenvalue weighted by atomic mass is 10.2. The Hall–Kier alpha value is -3.04. The first-order valence-electron chi connectivity index (χ1n) is 6.14. The van der Waals surface area contributed by atoms with Crippen molar-refractivity contribution in [2.45, 2.75) is 13.1 Å². The second kappa shape index (κ2) is 5.99. The first-order chi connectivity index (χ1) is 10.7. The van der Waals surface area contributed by atoms with Gasteiger partial charge in [0.05, 0.1) is 16.7 Å². The molecule has 1 amide bonds. The Kier molecular flexibility index (Phi) is 4.25. The third-order valence-corrected chi connectivity index (χ3v) is 2.78. The summed E-state index contributed by atoms with van der Waals surface area (Å²) in [6, 6.07) is 3.95. The predicted octanol–water partition coefficient (Wildman–Crippen LogP) is 3.09. The fraction of sp³-hybridized carbons (Fsp3) is 0.154. The fourth-order valence-corrected chi connectivity index (χ4v) is 1.83. The molecule has 0 aliphatic carbocycles. The molecule has 0 unspecified atom stereocenters. The summed E-state index contributed by atoms with van der Waals surface area (Å²) < 4.78 is 38.2. The second-order valence-electron chi connectivity index (χ2n) is 4.38. The molecule has 0 saturated carbocycles. The van der Waals surface area contributed by atoms with Gasteiger partial charge < -0.3 is 0 Å². The molecular formula is C13H9F3N4O3. The van der Waals surface area contributed by atoms with Crippen LogP contribution in [0.3, 0.4) is 0 Å². The third kappa shape index (κ3) is 3.59. The highest BCUT2D eigenvalue weighted by Gasteiger charge is 2.33. The van der Waals surface area contributed by atoms with E-state index in [2.05, 4.69) is 9.97 Å². The number of alkyl halides is 3. The maximum atomic E-state index is 12.7. The van der Waals surface area contributed by atoms with Gasteiger partial charge in [0.25, 0.3) is 5.69 Å². The Bertz CT molecular complexity index is 764. The maximum Gasteiger partial charge on any atom is 0.433 e. The average Bonchev–Trinajstić information content (AvgIpc) is 2.47. The first-order valence-corrected chi connectivity index (χ1v) is 6.14. The standard InChI is InChI=1S/C13H9F3N4O3/c1-8(21)19(12-7-10(20(22)23)3-5-18-12)9-2-4-17-11(6-9)13(14,15)16/h2-7H,1H3. The van der Waals surface area contributed by atoms with Crippen molar-refractivity contribution in [1.82, 2.24) is 9.97 Å². The zero-order valence-corrected chi connectivity index (χ0v) is 11.6. The summed E-state index contributed by atoms with van der Waals surface area (Å²) >= 11 is 0. The molecule has 0 aliphatic heterocycles. The smallest absolute Gasteiger partial charge is 0.274 e. The number of amides is 1. The van der Waals surface area contributed by atoms with Crippen LogP contribution in [-0.2, 0) is 11.0 Å². The summed E-state index contributed by atoms with van der Waals surface area (Å²) in [7, 11) is 0. The van der Waals surface area contributed by atoms with Gasteiger partial charge in [0.15, 0.2) is 0 Å². The summed E-state index contributed by atoms with van der Waals surface area (Å²) in [5, 5.41) is 10.8. The maximum absolute atomic E-state index is 12.7. The van der Waals surface area contributed by atoms with Crippen LogP contribution in [-0.4, -0.2) is 20.8 Å². The van der Waals surface area contributed by atoms with Crippen LogP contribution in [0.4, 0.5) is 30.4 Å². The van der Waals surface area contributed by atoms with Crippen molar-refractivity contribution in [3.8, 4) is 0 Å². The molecule has 0 aliphatic rings. The third-order valence-electron chi connectivity index (χ3n) is 2.78. The Labute approximate surface area is 127 Å². The van der Waals surface area contributed by atoms with Gasteiger partial charge in [-0.2, -0.15) is 13.2 Å². The van der Waals surface area contributed by atoms with Crippen LogP contribution in [0, 0.1) is 10.1 Å². The molecule has 120 valence electrons. The quantitative estimate of drug-likeness (QED) is 0.639. The van der Waals surface area contributed by atoms with Gasteiger partial charge in [0.2, 0.25) is 5.91 Å². The molecule has 10 heteroatoms. The summed E-state index contributed by atoms with van der Waals surface area (Å²) in [6.45, 7) is 1.11. The lowest BCUT2D eigenvalue weighted by Gasteiger charge is -2.20. The Morgan fingerprint density at radius 2 is 1.87 bits per heavy atom. The number of carbonyl (C=O) groups excluding carboxylic acids is 1. The molecule has 23 heavy (non-hydrogen) atoms. The van der Waals surface area contributed by atoms with Gasteiger partial charge in [-0.3, -0.25) is 24.8 Å². The molecule has 2 rings (SSSR count). The average molecular weight is 326 g/mol. The van der Waals surface area contributed by atoms with Crippen LogP contribution in [0.5, 0.6) is 0 Å². The van der Waals surface area contributed by atoms with Crippen molar-refractivity contribution in [3.05, 3.63) is 52.5 Å². The Morgan fingerprint density at radius 1 is 1.22 bits per heavy atom. The number of pyridine rings is 2. The number of halogens is 3. The van der Waals surface area contributed by atoms with Gasteiger partial charge in [-0.1, -0.05) is 0 Å². The number of nitro groups is 1. The van der Waals surface area contributed by atoms with E-state index in [1.165, 1.54) is 6.07 Å². The molecule has 0 bridgehead atoms. The lowest BCUT2D eigenvalue weighted by Crippen LogP contribution is -2.24. The zero-order chi connectivity index (χ0) is 17.2. The molecule has 0 saturated heterocycles. The summed E-state index contributed by atoms with van der Waals surface area (Å²) in [4.78, 5) is 29.7. The van der Waals surface area contributed by atoms with E-state index in [9.17, 15) is 28.1 Å². The van der Waals surface area contributed by atoms with E-state index >= 15 is 0 Å². The molecule has 0 N–H and O–H groups in total. The molecule has 0 spiro atoms. The van der Waals surface area contributed by atoms with Crippen molar-refractivity contribution >= 4 is 23.1 Å². The van der Waals surface area contributed by atoms with Crippen LogP contribution in [0.1, 0.15) is 12.6 Å². The van der Waals surface area contributed by atoms with Crippen molar-refractivity contribution in [3.63, 3.8) is 0 Å². The minimum atomic E-state index is -4.69. The largest absolute Gasteiger partial charge is 0.433 e. The molecule has 7 nitrogen and oxygen atoms in total. The van der Waals surface area contributed by atoms with Crippen molar-refractivity contribution < 1.29 is 22.9 Å². The highest BCUT2D eigenvalue weighted by molar-refractivity contribution is 5.98. The zero-order valence-electron chi connectivity index (χ0n) is 11.6. The number of anilines is 2. The fourth-order valence-electron chi connectivity index (χ4n) is 1.83. The van der Waals surface area contributed by atoms with Gasteiger partial charge in [0.1, 0.15) is 11.5 Å². The van der Waals surface area contributed by atoms with E-state index in [0.717, 1.165) is 36.4 Å². The molecule has 2 aromatic rings. The molecule has 0 aromatic carbocycles. The molecule has 2 aromatic heterocycles. The number of aromatic nitrogens is 2. The monoisotopic (exact) mass is 326 g/mol. The molecule has 2 heterocycles. The van der Waals surface area contributed by atoms with Crippen molar-refractivity contribution in [2.75, 3.05) is 4.90 Å². The van der Waals surface area contributed by atoms with Gasteiger partial charge in [0, 0.05) is 25.4 Å². The summed E-state index contributed by atoms with van der Waals surface area (Å²) in [5.41, 5.74) is -1.68. The van der Waals surface area contributed by atoms with E-state index in [1.54, 1.807) is 0 Å². The van der Waals surface area contributed by atoms with Crippen molar-refractivity contribution in [2.24, 2.45) is 0 Å². The molecular weight excluding hydrogens is 317 g/mol. The van der Waals surface area contributed by atoms with Gasteiger partial charge >= 0.3 is 6.18 Å². The van der Waals surface area contributed by atoms with Crippen LogP contribution in [0.25, 0.3) is 0 Å². The first kappa shape index (κ1) is 16.3. The number of carbonyl (C=O) groups is 1. The highest BCUT2D eigenvalue weighted by Crippen LogP contribution is 2.32. The summed E-state index contributed by atoms with van der Waals surface area (Å²) in [6.07, 6.45) is -2.70. The van der Waals surface area contributed by atoms with Gasteiger partial charge in [-0.25, -0.2) is 4.98 Å². The summed E-state index contributed by atoms with van der Waals surface area (Å²) in [5.74, 6) is -0.816. The molecule has 0 atom stereocenters. The van der Waals surface area contributed by atoms with E-state index < -0.39 is 22.7 Å². The minimum absolute atomic E-state index is 0.146. The Balaban J connectivity index is 2.54. The van der Waals surface area contributed by atoms with Crippen LogP contribution >= 0.6 is 0 Å². The molecule has 0 fully saturated rings. The SMILES string of the molecule is CC(=O)N(c1ccnc(C(F)(F)F)c1)c1cc([N+](=O)[O-])ccn1. The van der Waals surface area contributed by atoms with E-state index in [-0.39, 0.29) is 17.2 Å². The van der Waals surface area contributed by atoms with Gasteiger partial charge in [-0.15, -0.1) is 0 Å². The number of nitrogens with zero attached hydrogens (tertiary/aromatic N) is 4. The van der Waals surface area contributed by atoms with Gasteiger partial charge in [-0.05, 0) is 12.1 Å². The van der Waals surface area contributed by atoms with Crippen molar-refractivity contribution in [1.29, 1.82) is 0 Å². The van der Waals surface area contributed by atoms with Crippen LogP contribution < -0.4 is 4.90 Å². The highest BCUT2D eigenvalue weighted by atomic mass is 19.4. The number of hydrogen-bond acceptors (Lipinski definition) is 5. The topological polar surface area (TPSA) is 89.2 Å². The van der Waals surface area contributed by atoms with E-state index in [4.69, 9.17) is 0 Å². The minimum Gasteiger partial charge on any atom is -0.274 e. The van der Waals surface area contributed by atoms with Crippen LogP contribution in [0.15, 0.2) is 36.7 Å². The molecule has 0 radical (unpaired) electrons. The Morgan fingerprint density at radius 3 is 2.43 bits per heavy atom. The van der Waals surface area contributed by atoms with Crippen LogP contribution in [0.2, 0.25) is 0 Å². The second-order valence-corrected chi connectivity index (χ2v) is 4.38. The number of rotatable bonds is 3. The normalized spacial score (nSPS) is 11.1. The number of hydrogen-bond donors (Lipinski definition) is 0. The van der Waals surface area contributed by atoms with E-state index in [1.807, 2.05) is 0 Å². The predicted molar refractivity (Wildman–Crippen MR) is 73.0 cm³/mol. The lowest BCUT2D eigenvalue weighted by molar-refractivity contribution is -0.384. The van der Waals surface area contributed by atoms with E-state index in [0.29, 0.717) is 6.07 Å².